The maximum absolute atomic E-state index is 5.04. The molecular formula is C14H23NO. The van der Waals surface area contributed by atoms with Gasteiger partial charge in [0.1, 0.15) is 0 Å². The van der Waals surface area contributed by atoms with Gasteiger partial charge in [0.2, 0.25) is 0 Å². The first-order valence-corrected chi connectivity index (χ1v) is 6.56. The molecule has 1 saturated carbocycles. The van der Waals surface area contributed by atoms with Crippen LogP contribution in [0.2, 0.25) is 0 Å². The van der Waals surface area contributed by atoms with Gasteiger partial charge in [-0.05, 0) is 37.3 Å². The molecule has 1 heterocycles. The van der Waals surface area contributed by atoms with E-state index in [1.54, 1.807) is 6.26 Å². The molecule has 0 aliphatic heterocycles. The lowest BCUT2D eigenvalue weighted by Gasteiger charge is -2.26. The predicted molar refractivity (Wildman–Crippen MR) is 66.2 cm³/mol. The highest BCUT2D eigenvalue weighted by Crippen LogP contribution is 2.30. The van der Waals surface area contributed by atoms with Crippen LogP contribution in [0.15, 0.2) is 23.0 Å². The zero-order valence-corrected chi connectivity index (χ0v) is 10.2. The Labute approximate surface area is 98.4 Å². The van der Waals surface area contributed by atoms with Gasteiger partial charge in [-0.15, -0.1) is 0 Å². The van der Waals surface area contributed by atoms with Crippen molar-refractivity contribution >= 4 is 0 Å². The van der Waals surface area contributed by atoms with Crippen molar-refractivity contribution in [3.63, 3.8) is 0 Å². The third-order valence-electron chi connectivity index (χ3n) is 3.68. The molecule has 0 spiro atoms. The van der Waals surface area contributed by atoms with E-state index in [0.29, 0.717) is 0 Å². The number of nitrogens with one attached hydrogen (secondary N) is 1. The monoisotopic (exact) mass is 221 g/mol. The van der Waals surface area contributed by atoms with Gasteiger partial charge in [-0.2, -0.15) is 0 Å². The van der Waals surface area contributed by atoms with Crippen LogP contribution in [0.4, 0.5) is 0 Å². The van der Waals surface area contributed by atoms with Gasteiger partial charge in [0, 0.05) is 12.1 Å². The van der Waals surface area contributed by atoms with E-state index in [4.69, 9.17) is 4.42 Å². The lowest BCUT2D eigenvalue weighted by molar-refractivity contribution is 0.267. The fourth-order valence-electron chi connectivity index (χ4n) is 2.75. The highest BCUT2D eigenvalue weighted by Gasteiger charge is 2.17. The van der Waals surface area contributed by atoms with Crippen LogP contribution in [-0.2, 0) is 6.54 Å². The van der Waals surface area contributed by atoms with Crippen LogP contribution in [0.3, 0.4) is 0 Å². The van der Waals surface area contributed by atoms with E-state index >= 15 is 0 Å². The Hall–Kier alpha value is -0.760. The maximum atomic E-state index is 5.04. The third-order valence-corrected chi connectivity index (χ3v) is 3.68. The van der Waals surface area contributed by atoms with E-state index in [1.165, 1.54) is 37.7 Å². The topological polar surface area (TPSA) is 25.2 Å². The van der Waals surface area contributed by atoms with Gasteiger partial charge in [-0.3, -0.25) is 0 Å². The molecule has 16 heavy (non-hydrogen) atoms. The minimum absolute atomic E-state index is 0.943. The van der Waals surface area contributed by atoms with Crippen LogP contribution in [-0.4, -0.2) is 6.54 Å². The van der Waals surface area contributed by atoms with Crippen molar-refractivity contribution in [1.82, 2.24) is 5.32 Å². The molecule has 0 radical (unpaired) electrons. The summed E-state index contributed by atoms with van der Waals surface area (Å²) in [7, 11) is 0. The van der Waals surface area contributed by atoms with Crippen molar-refractivity contribution in [1.29, 1.82) is 0 Å². The fraction of sp³-hybridized carbons (Fsp3) is 0.714. The summed E-state index contributed by atoms with van der Waals surface area (Å²) in [6.07, 6.45) is 10.6. The number of rotatable bonds is 5. The average Bonchev–Trinajstić information content (AvgIpc) is 2.77. The van der Waals surface area contributed by atoms with Gasteiger partial charge in [0.25, 0.3) is 0 Å². The summed E-state index contributed by atoms with van der Waals surface area (Å²) in [5, 5.41) is 3.49. The van der Waals surface area contributed by atoms with Crippen molar-refractivity contribution in [2.45, 2.75) is 45.6 Å². The lowest BCUT2D eigenvalue weighted by Crippen LogP contribution is -2.20. The molecule has 0 amide bonds. The van der Waals surface area contributed by atoms with Crippen LogP contribution in [0.25, 0.3) is 0 Å². The van der Waals surface area contributed by atoms with Crippen molar-refractivity contribution in [2.75, 3.05) is 6.54 Å². The molecule has 2 atom stereocenters. The maximum Gasteiger partial charge on any atom is 0.0947 e. The smallest absolute Gasteiger partial charge is 0.0947 e. The van der Waals surface area contributed by atoms with E-state index in [2.05, 4.69) is 12.2 Å². The first kappa shape index (κ1) is 11.7. The summed E-state index contributed by atoms with van der Waals surface area (Å²) in [4.78, 5) is 0. The van der Waals surface area contributed by atoms with Crippen LogP contribution in [0, 0.1) is 11.8 Å². The van der Waals surface area contributed by atoms with Crippen LogP contribution in [0.1, 0.15) is 44.6 Å². The third kappa shape index (κ3) is 3.67. The molecule has 2 nitrogen and oxygen atoms in total. The molecule has 2 unspecified atom stereocenters. The quantitative estimate of drug-likeness (QED) is 0.769. The SMILES string of the molecule is CC1CCCC(CCNCc2ccoc2)C1. The molecule has 1 aliphatic rings. The predicted octanol–water partition coefficient (Wildman–Crippen LogP) is 3.59. The first-order chi connectivity index (χ1) is 7.84. The van der Waals surface area contributed by atoms with Crippen LogP contribution >= 0.6 is 0 Å². The minimum atomic E-state index is 0.943. The van der Waals surface area contributed by atoms with E-state index in [0.717, 1.165) is 24.9 Å². The molecule has 1 aromatic rings. The Balaban J connectivity index is 1.57. The van der Waals surface area contributed by atoms with Gasteiger partial charge in [0.15, 0.2) is 0 Å². The molecule has 1 aliphatic carbocycles. The van der Waals surface area contributed by atoms with Gasteiger partial charge in [-0.1, -0.05) is 26.2 Å². The molecule has 1 fully saturated rings. The Morgan fingerprint density at radius 2 is 2.38 bits per heavy atom. The summed E-state index contributed by atoms with van der Waals surface area (Å²) in [6.45, 7) is 4.48. The molecular weight excluding hydrogens is 198 g/mol. The Morgan fingerprint density at radius 3 is 3.12 bits per heavy atom. The Bertz CT molecular complexity index is 281. The zero-order valence-electron chi connectivity index (χ0n) is 10.2. The van der Waals surface area contributed by atoms with E-state index < -0.39 is 0 Å². The number of furan rings is 1. The normalized spacial score (nSPS) is 25.8. The summed E-state index contributed by atoms with van der Waals surface area (Å²) < 4.78 is 5.04. The van der Waals surface area contributed by atoms with Crippen molar-refractivity contribution in [2.24, 2.45) is 11.8 Å². The molecule has 90 valence electrons. The van der Waals surface area contributed by atoms with Gasteiger partial charge >= 0.3 is 0 Å². The second-order valence-corrected chi connectivity index (χ2v) is 5.23. The van der Waals surface area contributed by atoms with Crippen molar-refractivity contribution < 1.29 is 4.42 Å². The summed E-state index contributed by atoms with van der Waals surface area (Å²) >= 11 is 0. The number of hydrogen-bond acceptors (Lipinski definition) is 2. The lowest BCUT2D eigenvalue weighted by atomic mass is 9.81. The van der Waals surface area contributed by atoms with E-state index in [9.17, 15) is 0 Å². The van der Waals surface area contributed by atoms with Crippen LogP contribution < -0.4 is 5.32 Å². The van der Waals surface area contributed by atoms with Gasteiger partial charge in [0.05, 0.1) is 12.5 Å². The zero-order chi connectivity index (χ0) is 11.2. The van der Waals surface area contributed by atoms with E-state index in [1.807, 2.05) is 12.3 Å². The van der Waals surface area contributed by atoms with Gasteiger partial charge < -0.3 is 9.73 Å². The summed E-state index contributed by atoms with van der Waals surface area (Å²) in [5.41, 5.74) is 1.25. The van der Waals surface area contributed by atoms with Crippen molar-refractivity contribution in [3.8, 4) is 0 Å². The molecule has 2 heteroatoms. The second kappa shape index (κ2) is 6.09. The highest BCUT2D eigenvalue weighted by molar-refractivity contribution is 5.04. The Kier molecular flexibility index (Phi) is 4.46. The minimum Gasteiger partial charge on any atom is -0.472 e. The van der Waals surface area contributed by atoms with Crippen molar-refractivity contribution in [3.05, 3.63) is 24.2 Å². The average molecular weight is 221 g/mol. The summed E-state index contributed by atoms with van der Waals surface area (Å²) in [5.74, 6) is 1.91. The highest BCUT2D eigenvalue weighted by atomic mass is 16.3. The fourth-order valence-corrected chi connectivity index (χ4v) is 2.75. The summed E-state index contributed by atoms with van der Waals surface area (Å²) in [6, 6.07) is 2.02. The first-order valence-electron chi connectivity index (χ1n) is 6.56. The Morgan fingerprint density at radius 1 is 1.44 bits per heavy atom. The largest absolute Gasteiger partial charge is 0.472 e. The molecule has 0 bridgehead atoms. The molecule has 2 rings (SSSR count). The molecule has 1 aromatic heterocycles. The standard InChI is InChI=1S/C14H23NO/c1-12-3-2-4-13(9-12)5-7-15-10-14-6-8-16-11-14/h6,8,11-13,15H,2-5,7,9-10H2,1H3. The van der Waals surface area contributed by atoms with Crippen LogP contribution in [0.5, 0.6) is 0 Å². The molecule has 1 N–H and O–H groups in total. The second-order valence-electron chi connectivity index (χ2n) is 5.23. The molecule has 0 saturated heterocycles. The number of hydrogen-bond donors (Lipinski definition) is 1. The van der Waals surface area contributed by atoms with Gasteiger partial charge in [-0.25, -0.2) is 0 Å². The van der Waals surface area contributed by atoms with E-state index in [-0.39, 0.29) is 0 Å². The molecule has 0 aromatic carbocycles.